The van der Waals surface area contributed by atoms with Crippen LogP contribution in [0, 0.1) is 0 Å². The lowest BCUT2D eigenvalue weighted by atomic mass is 10.2. The second-order valence-electron chi connectivity index (χ2n) is 4.88. The van der Waals surface area contributed by atoms with Crippen LogP contribution in [-0.2, 0) is 4.79 Å². The van der Waals surface area contributed by atoms with Gasteiger partial charge in [-0.3, -0.25) is 4.79 Å². The van der Waals surface area contributed by atoms with Crippen molar-refractivity contribution in [3.05, 3.63) is 60.9 Å². The van der Waals surface area contributed by atoms with Gasteiger partial charge in [0.1, 0.15) is 5.75 Å². The van der Waals surface area contributed by atoms with Crippen LogP contribution < -0.4 is 5.32 Å². The van der Waals surface area contributed by atoms with E-state index in [-0.39, 0.29) is 16.7 Å². The zero-order chi connectivity index (χ0) is 18.1. The average Bonchev–Trinajstić information content (AvgIpc) is 2.88. The highest BCUT2D eigenvalue weighted by atomic mass is 35.5. The van der Waals surface area contributed by atoms with Crippen LogP contribution in [-0.4, -0.2) is 16.2 Å². The van der Waals surface area contributed by atoms with Crippen molar-refractivity contribution in [2.75, 3.05) is 0 Å². The number of halogens is 4. The number of nitrogens with zero attached hydrogens (tertiary/aromatic N) is 1. The molecule has 0 aromatic heterocycles. The number of aromatic hydroxyl groups is 1. The second kappa shape index (κ2) is 7.48. The molecule has 1 aliphatic heterocycles. The van der Waals surface area contributed by atoms with Crippen molar-refractivity contribution in [1.29, 1.82) is 0 Å². The van der Waals surface area contributed by atoms with Gasteiger partial charge in [0, 0.05) is 10.6 Å². The van der Waals surface area contributed by atoms with Crippen molar-refractivity contribution < 1.29 is 9.90 Å². The van der Waals surface area contributed by atoms with Crippen LogP contribution in [0.25, 0.3) is 6.08 Å². The predicted molar refractivity (Wildman–Crippen MR) is 105 cm³/mol. The molecule has 9 heteroatoms. The molecule has 2 aromatic carbocycles. The number of benzene rings is 2. The van der Waals surface area contributed by atoms with Gasteiger partial charge in [0.25, 0.3) is 5.91 Å². The molecule has 1 saturated heterocycles. The Balaban J connectivity index is 1.93. The Morgan fingerprint density at radius 2 is 1.88 bits per heavy atom. The van der Waals surface area contributed by atoms with E-state index in [2.05, 4.69) is 10.3 Å². The van der Waals surface area contributed by atoms with Crippen LogP contribution in [0.2, 0.25) is 20.1 Å². The molecule has 4 nitrogen and oxygen atoms in total. The number of amidine groups is 1. The second-order valence-corrected chi connectivity index (χ2v) is 7.54. The number of nitrogens with one attached hydrogen (secondary N) is 1. The fraction of sp³-hybridized carbons (Fsp3) is 0. The van der Waals surface area contributed by atoms with Gasteiger partial charge in [-0.1, -0.05) is 52.5 Å². The number of aliphatic imine (C=N–C) groups is 1. The van der Waals surface area contributed by atoms with E-state index in [1.165, 1.54) is 18.2 Å². The molecule has 1 amide bonds. The summed E-state index contributed by atoms with van der Waals surface area (Å²) in [6, 6.07) is 7.95. The molecule has 1 fully saturated rings. The summed E-state index contributed by atoms with van der Waals surface area (Å²) in [4.78, 5) is 16.7. The lowest BCUT2D eigenvalue weighted by Crippen LogP contribution is -2.19. The summed E-state index contributed by atoms with van der Waals surface area (Å²) in [6.45, 7) is 0. The van der Waals surface area contributed by atoms with Crippen LogP contribution in [0.4, 0.5) is 5.69 Å². The van der Waals surface area contributed by atoms with Crippen molar-refractivity contribution in [3.63, 3.8) is 0 Å². The van der Waals surface area contributed by atoms with Gasteiger partial charge in [-0.05, 0) is 42.1 Å². The van der Waals surface area contributed by atoms with E-state index in [0.29, 0.717) is 36.4 Å². The molecular formula is C16H8Cl4N2O2S. The molecule has 0 radical (unpaired) electrons. The largest absolute Gasteiger partial charge is 0.506 e. The fourth-order valence-corrected chi connectivity index (χ4v) is 3.68. The average molecular weight is 434 g/mol. The monoisotopic (exact) mass is 432 g/mol. The van der Waals surface area contributed by atoms with E-state index < -0.39 is 0 Å². The zero-order valence-electron chi connectivity index (χ0n) is 12.2. The maximum absolute atomic E-state index is 12.1. The summed E-state index contributed by atoms with van der Waals surface area (Å²) >= 11 is 25.0. The standard InChI is InChI=1S/C16H8Cl4N2O2S/c17-8-4-7(14(23)10(19)6-8)5-12-15(24)22-16(25-12)21-11-3-1-2-9(18)13(11)20/h1-6,23H,(H,21,22,24)/b12-5-. The Hall–Kier alpha value is -1.37. The van der Waals surface area contributed by atoms with Gasteiger partial charge in [0.05, 0.1) is 25.7 Å². The molecule has 3 rings (SSSR count). The third-order valence-corrected chi connectivity index (χ3v) is 5.37. The van der Waals surface area contributed by atoms with Gasteiger partial charge in [0.2, 0.25) is 0 Å². The molecule has 0 spiro atoms. The van der Waals surface area contributed by atoms with Gasteiger partial charge >= 0.3 is 0 Å². The Labute approximate surface area is 167 Å². The van der Waals surface area contributed by atoms with E-state index in [1.807, 2.05) is 0 Å². The van der Waals surface area contributed by atoms with E-state index in [1.54, 1.807) is 18.2 Å². The van der Waals surface area contributed by atoms with Crippen molar-refractivity contribution in [1.82, 2.24) is 5.32 Å². The maximum Gasteiger partial charge on any atom is 0.264 e. The van der Waals surface area contributed by atoms with Crippen LogP contribution in [0.3, 0.4) is 0 Å². The number of rotatable bonds is 2. The molecule has 1 heterocycles. The number of phenolic OH excluding ortho intramolecular Hbond substituents is 1. The van der Waals surface area contributed by atoms with Gasteiger partial charge in [0.15, 0.2) is 5.17 Å². The van der Waals surface area contributed by atoms with E-state index in [9.17, 15) is 9.90 Å². The van der Waals surface area contributed by atoms with Gasteiger partial charge in [-0.15, -0.1) is 0 Å². The summed E-state index contributed by atoms with van der Waals surface area (Å²) in [7, 11) is 0. The summed E-state index contributed by atoms with van der Waals surface area (Å²) < 4.78 is 0. The van der Waals surface area contributed by atoms with Gasteiger partial charge < -0.3 is 10.4 Å². The minimum Gasteiger partial charge on any atom is -0.506 e. The zero-order valence-corrected chi connectivity index (χ0v) is 16.0. The summed E-state index contributed by atoms with van der Waals surface area (Å²) in [5.41, 5.74) is 0.768. The molecule has 128 valence electrons. The van der Waals surface area contributed by atoms with Crippen LogP contribution >= 0.6 is 58.2 Å². The van der Waals surface area contributed by atoms with E-state index in [0.717, 1.165) is 11.8 Å². The number of amides is 1. The molecule has 0 bridgehead atoms. The maximum atomic E-state index is 12.1. The van der Waals surface area contributed by atoms with E-state index in [4.69, 9.17) is 46.4 Å². The molecule has 0 aliphatic carbocycles. The molecule has 1 aliphatic rings. The minimum atomic E-state index is -0.364. The van der Waals surface area contributed by atoms with Crippen LogP contribution in [0.5, 0.6) is 5.75 Å². The van der Waals surface area contributed by atoms with Crippen LogP contribution in [0.1, 0.15) is 5.56 Å². The molecule has 2 N–H and O–H groups in total. The highest BCUT2D eigenvalue weighted by Crippen LogP contribution is 2.37. The van der Waals surface area contributed by atoms with Crippen molar-refractivity contribution in [3.8, 4) is 5.75 Å². The lowest BCUT2D eigenvalue weighted by Gasteiger charge is -2.03. The molecule has 0 unspecified atom stereocenters. The SMILES string of the molecule is O=C1NC(=Nc2cccc(Cl)c2Cl)S/C1=C\c1cc(Cl)cc(Cl)c1O. The number of hydrogen-bond acceptors (Lipinski definition) is 4. The Kier molecular flexibility index (Phi) is 5.51. The molecule has 2 aromatic rings. The Bertz CT molecular complexity index is 944. The first-order valence-electron chi connectivity index (χ1n) is 6.77. The molecule has 0 atom stereocenters. The van der Waals surface area contributed by atoms with Crippen molar-refractivity contribution >= 4 is 81.0 Å². The number of hydrogen-bond donors (Lipinski definition) is 2. The molecule has 25 heavy (non-hydrogen) atoms. The molecular weight excluding hydrogens is 426 g/mol. The van der Waals surface area contributed by atoms with Crippen molar-refractivity contribution in [2.45, 2.75) is 0 Å². The predicted octanol–water partition coefficient (Wildman–Crippen LogP) is 5.90. The third-order valence-electron chi connectivity index (χ3n) is 3.15. The highest BCUT2D eigenvalue weighted by molar-refractivity contribution is 8.18. The topological polar surface area (TPSA) is 61.7 Å². The first-order valence-corrected chi connectivity index (χ1v) is 9.09. The quantitative estimate of drug-likeness (QED) is 0.579. The number of phenols is 1. The van der Waals surface area contributed by atoms with Gasteiger partial charge in [-0.25, -0.2) is 4.99 Å². The Morgan fingerprint density at radius 3 is 2.64 bits per heavy atom. The summed E-state index contributed by atoms with van der Waals surface area (Å²) in [5.74, 6) is -0.521. The van der Waals surface area contributed by atoms with Gasteiger partial charge in [-0.2, -0.15) is 0 Å². The number of thioether (sulfide) groups is 1. The summed E-state index contributed by atoms with van der Waals surface area (Å²) in [6.07, 6.45) is 1.48. The molecule has 0 saturated carbocycles. The first kappa shape index (κ1) is 18.4. The Morgan fingerprint density at radius 1 is 1.12 bits per heavy atom. The first-order chi connectivity index (χ1) is 11.8. The lowest BCUT2D eigenvalue weighted by molar-refractivity contribution is -0.115. The number of carbonyl (C=O) groups excluding carboxylic acids is 1. The normalized spacial score (nSPS) is 17.4. The minimum absolute atomic E-state index is 0.0994. The van der Waals surface area contributed by atoms with E-state index >= 15 is 0 Å². The highest BCUT2D eigenvalue weighted by Gasteiger charge is 2.25. The van der Waals surface area contributed by atoms with Crippen LogP contribution in [0.15, 0.2) is 40.2 Å². The smallest absolute Gasteiger partial charge is 0.264 e. The van der Waals surface area contributed by atoms with Crippen molar-refractivity contribution in [2.24, 2.45) is 4.99 Å². The summed E-state index contributed by atoms with van der Waals surface area (Å²) in [5, 5.41) is 14.1. The third kappa shape index (κ3) is 4.07. The fourth-order valence-electron chi connectivity index (χ4n) is 2.01. The number of carbonyl (C=O) groups is 1.